The van der Waals surface area contributed by atoms with E-state index in [4.69, 9.17) is 0 Å². The van der Waals surface area contributed by atoms with Crippen LogP contribution in [-0.4, -0.2) is 0 Å². The molecule has 1 atom stereocenters. The van der Waals surface area contributed by atoms with E-state index >= 15 is 0 Å². The van der Waals surface area contributed by atoms with Crippen LogP contribution >= 0.6 is 0 Å². The summed E-state index contributed by atoms with van der Waals surface area (Å²) < 4.78 is 0. The topological polar surface area (TPSA) is 0 Å². The second-order valence-electron chi connectivity index (χ2n) is 11.1. The molecule has 0 rings (SSSR count). The maximum absolute atomic E-state index is 2.34. The number of hydrogen-bond donors (Lipinski definition) is 0. The summed E-state index contributed by atoms with van der Waals surface area (Å²) in [6, 6.07) is 0. The second kappa shape index (κ2) is 27.2. The maximum Gasteiger partial charge on any atom is -0.0412 e. The van der Waals surface area contributed by atoms with E-state index in [1.54, 1.807) is 6.42 Å². The fraction of sp³-hybridized carbons (Fsp3) is 1.00. The van der Waals surface area contributed by atoms with Crippen molar-refractivity contribution < 1.29 is 0 Å². The lowest BCUT2D eigenvalue weighted by atomic mass is 9.82. The average molecular weight is 451 g/mol. The van der Waals surface area contributed by atoms with E-state index in [2.05, 4.69) is 27.7 Å². The van der Waals surface area contributed by atoms with E-state index < -0.39 is 0 Å². The van der Waals surface area contributed by atoms with Crippen LogP contribution in [0.4, 0.5) is 0 Å². The molecule has 0 amide bonds. The van der Waals surface area contributed by atoms with Gasteiger partial charge in [0.2, 0.25) is 0 Å². The van der Waals surface area contributed by atoms with E-state index in [0.717, 1.165) is 11.8 Å². The van der Waals surface area contributed by atoms with Gasteiger partial charge in [0, 0.05) is 0 Å². The second-order valence-corrected chi connectivity index (χ2v) is 11.1. The van der Waals surface area contributed by atoms with E-state index in [1.165, 1.54) is 161 Å². The van der Waals surface area contributed by atoms with Crippen molar-refractivity contribution in [3.05, 3.63) is 0 Å². The lowest BCUT2D eigenvalue weighted by Crippen LogP contribution is -2.11. The summed E-state index contributed by atoms with van der Waals surface area (Å²) in [5, 5.41) is 0. The summed E-state index contributed by atoms with van der Waals surface area (Å²) >= 11 is 0. The molecule has 0 spiro atoms. The van der Waals surface area contributed by atoms with Crippen molar-refractivity contribution in [1.82, 2.24) is 0 Å². The highest BCUT2D eigenvalue weighted by Crippen LogP contribution is 2.31. The average Bonchev–Trinajstić information content (AvgIpc) is 2.80. The van der Waals surface area contributed by atoms with Crippen molar-refractivity contribution in [2.75, 3.05) is 0 Å². The molecule has 0 aliphatic rings. The zero-order valence-electron chi connectivity index (χ0n) is 23.5. The lowest BCUT2D eigenvalue weighted by Gasteiger charge is -2.24. The molecule has 0 aliphatic heterocycles. The van der Waals surface area contributed by atoms with Crippen LogP contribution in [0.1, 0.15) is 195 Å². The van der Waals surface area contributed by atoms with Gasteiger partial charge in [-0.25, -0.2) is 0 Å². The first-order valence-corrected chi connectivity index (χ1v) is 15.8. The zero-order valence-corrected chi connectivity index (χ0v) is 23.5. The predicted molar refractivity (Wildman–Crippen MR) is 150 cm³/mol. The van der Waals surface area contributed by atoms with Gasteiger partial charge in [0.1, 0.15) is 0 Å². The summed E-state index contributed by atoms with van der Waals surface area (Å²) in [6.45, 7) is 9.35. The van der Waals surface area contributed by atoms with Crippen molar-refractivity contribution >= 4 is 0 Å². The molecular formula is C32H66. The molecule has 0 aliphatic carbocycles. The molecule has 0 aromatic carbocycles. The van der Waals surface area contributed by atoms with Gasteiger partial charge >= 0.3 is 0 Å². The van der Waals surface area contributed by atoms with Crippen LogP contribution in [0, 0.1) is 11.8 Å². The molecule has 0 aromatic rings. The quantitative estimate of drug-likeness (QED) is 0.109. The highest BCUT2D eigenvalue weighted by Gasteiger charge is 2.16. The SMILES string of the molecule is CCCCCCCCC(CCCCCCC)CC(CCCCCCC)CCCCCCC. The van der Waals surface area contributed by atoms with Gasteiger partial charge < -0.3 is 0 Å². The Labute approximate surface area is 206 Å². The maximum atomic E-state index is 2.34. The Bertz CT molecular complexity index is 306. The zero-order chi connectivity index (χ0) is 23.5. The smallest absolute Gasteiger partial charge is 0.0412 e. The van der Waals surface area contributed by atoms with Gasteiger partial charge in [-0.15, -0.1) is 0 Å². The van der Waals surface area contributed by atoms with Gasteiger partial charge in [-0.2, -0.15) is 0 Å². The van der Waals surface area contributed by atoms with Crippen LogP contribution in [0.25, 0.3) is 0 Å². The van der Waals surface area contributed by atoms with Crippen LogP contribution in [0.15, 0.2) is 0 Å². The summed E-state index contributed by atoms with van der Waals surface area (Å²) in [5.74, 6) is 2.05. The number of unbranched alkanes of at least 4 members (excludes halogenated alkanes) is 17. The molecule has 0 saturated carbocycles. The normalized spacial score (nSPS) is 12.7. The first kappa shape index (κ1) is 32.0. The molecule has 0 aromatic heterocycles. The standard InChI is InChI=1S/C32H66/c1-5-9-13-17-21-25-29-32(28-24-20-16-12-8-4)30-31(26-22-18-14-10-6-2)27-23-19-15-11-7-3/h31-32H,5-30H2,1-4H3. The van der Waals surface area contributed by atoms with Crippen molar-refractivity contribution in [2.45, 2.75) is 195 Å². The molecule has 0 heterocycles. The van der Waals surface area contributed by atoms with Gasteiger partial charge in [-0.05, 0) is 18.3 Å². The van der Waals surface area contributed by atoms with E-state index in [0.29, 0.717) is 0 Å². The van der Waals surface area contributed by atoms with Crippen molar-refractivity contribution in [3.8, 4) is 0 Å². The van der Waals surface area contributed by atoms with Crippen LogP contribution in [0.5, 0.6) is 0 Å². The van der Waals surface area contributed by atoms with Crippen molar-refractivity contribution in [3.63, 3.8) is 0 Å². The van der Waals surface area contributed by atoms with Crippen LogP contribution in [0.2, 0.25) is 0 Å². The molecule has 1 unspecified atom stereocenters. The van der Waals surface area contributed by atoms with E-state index in [9.17, 15) is 0 Å². The molecule has 0 radical (unpaired) electrons. The summed E-state index contributed by atoms with van der Waals surface area (Å²) in [5.41, 5.74) is 0. The highest BCUT2D eigenvalue weighted by atomic mass is 14.2. The molecule has 0 saturated heterocycles. The molecule has 0 N–H and O–H groups in total. The largest absolute Gasteiger partial charge is 0.0654 e. The first-order chi connectivity index (χ1) is 15.8. The third-order valence-electron chi connectivity index (χ3n) is 7.78. The monoisotopic (exact) mass is 451 g/mol. The molecule has 0 nitrogen and oxygen atoms in total. The first-order valence-electron chi connectivity index (χ1n) is 15.8. The minimum Gasteiger partial charge on any atom is -0.0654 e. The minimum atomic E-state index is 1.03. The Morgan fingerprint density at radius 3 is 0.750 bits per heavy atom. The molecule has 0 bridgehead atoms. The van der Waals surface area contributed by atoms with Crippen LogP contribution in [0.3, 0.4) is 0 Å². The van der Waals surface area contributed by atoms with Gasteiger partial charge in [0.05, 0.1) is 0 Å². The molecule has 0 fully saturated rings. The van der Waals surface area contributed by atoms with Gasteiger partial charge in [0.15, 0.2) is 0 Å². The van der Waals surface area contributed by atoms with E-state index in [1.807, 2.05) is 0 Å². The van der Waals surface area contributed by atoms with Crippen molar-refractivity contribution in [2.24, 2.45) is 11.8 Å². The van der Waals surface area contributed by atoms with Crippen molar-refractivity contribution in [1.29, 1.82) is 0 Å². The fourth-order valence-corrected chi connectivity index (χ4v) is 5.55. The van der Waals surface area contributed by atoms with Crippen LogP contribution in [-0.2, 0) is 0 Å². The summed E-state index contributed by atoms with van der Waals surface area (Å²) in [7, 11) is 0. The van der Waals surface area contributed by atoms with Gasteiger partial charge in [-0.1, -0.05) is 188 Å². The van der Waals surface area contributed by atoms with E-state index in [-0.39, 0.29) is 0 Å². The minimum absolute atomic E-state index is 1.03. The molecular weight excluding hydrogens is 384 g/mol. The Morgan fingerprint density at radius 2 is 0.500 bits per heavy atom. The molecule has 194 valence electrons. The Kier molecular flexibility index (Phi) is 27.2. The molecule has 32 heavy (non-hydrogen) atoms. The van der Waals surface area contributed by atoms with Gasteiger partial charge in [0.25, 0.3) is 0 Å². The number of hydrogen-bond acceptors (Lipinski definition) is 0. The highest BCUT2D eigenvalue weighted by molar-refractivity contribution is 4.69. The number of rotatable bonds is 27. The Balaban J connectivity index is 4.52. The Morgan fingerprint density at radius 1 is 0.281 bits per heavy atom. The fourth-order valence-electron chi connectivity index (χ4n) is 5.55. The Hall–Kier alpha value is 0. The molecule has 0 heteroatoms. The van der Waals surface area contributed by atoms with Gasteiger partial charge in [-0.3, -0.25) is 0 Å². The lowest BCUT2D eigenvalue weighted by molar-refractivity contribution is 0.282. The third kappa shape index (κ3) is 23.2. The summed E-state index contributed by atoms with van der Waals surface area (Å²) in [6.07, 6.45) is 38.3. The van der Waals surface area contributed by atoms with Crippen LogP contribution < -0.4 is 0 Å². The third-order valence-corrected chi connectivity index (χ3v) is 7.78. The summed E-state index contributed by atoms with van der Waals surface area (Å²) in [4.78, 5) is 0. The predicted octanol–water partition coefficient (Wildman–Crippen LogP) is 12.4.